The smallest absolute Gasteiger partial charge is 0.218 e. The molecule has 0 amide bonds. The molecule has 3 nitrogen and oxygen atoms in total. The zero-order valence-corrected chi connectivity index (χ0v) is 12.0. The molecule has 0 atom stereocenters. The van der Waals surface area contributed by atoms with Crippen LogP contribution in [0.15, 0.2) is 22.7 Å². The Labute approximate surface area is 114 Å². The fraction of sp³-hybridized carbons (Fsp3) is 0.462. The Morgan fingerprint density at radius 3 is 2.50 bits per heavy atom. The van der Waals surface area contributed by atoms with Crippen LogP contribution in [0.3, 0.4) is 0 Å². The maximum absolute atomic E-state index is 13.5. The van der Waals surface area contributed by atoms with E-state index in [1.165, 1.54) is 6.07 Å². The van der Waals surface area contributed by atoms with Gasteiger partial charge in [0.15, 0.2) is 5.78 Å². The molecule has 0 heterocycles. The van der Waals surface area contributed by atoms with Gasteiger partial charge in [0.1, 0.15) is 5.82 Å². The Kier molecular flexibility index (Phi) is 6.46. The number of hydrogen-bond acceptors (Lipinski definition) is 3. The van der Waals surface area contributed by atoms with Gasteiger partial charge in [-0.25, -0.2) is 4.39 Å². The third-order valence-electron chi connectivity index (χ3n) is 2.27. The Hall–Kier alpha value is -0.780. The molecule has 0 aliphatic carbocycles. The summed E-state index contributed by atoms with van der Waals surface area (Å²) in [5.74, 6) is -0.686. The third-order valence-corrected chi connectivity index (χ3v) is 2.76. The highest BCUT2D eigenvalue weighted by Gasteiger charge is 2.20. The molecule has 0 bridgehead atoms. The van der Waals surface area contributed by atoms with E-state index in [0.717, 1.165) is 4.47 Å². The predicted octanol–water partition coefficient (Wildman–Crippen LogP) is 3.10. The normalized spacial score (nSPS) is 10.9. The van der Waals surface area contributed by atoms with Crippen molar-refractivity contribution in [3.8, 4) is 0 Å². The molecule has 0 aliphatic rings. The van der Waals surface area contributed by atoms with Crippen LogP contribution in [0, 0.1) is 5.82 Å². The van der Waals surface area contributed by atoms with E-state index < -0.39 is 12.1 Å². The lowest BCUT2D eigenvalue weighted by molar-refractivity contribution is -0.167. The van der Waals surface area contributed by atoms with Crippen molar-refractivity contribution >= 4 is 21.7 Å². The maximum Gasteiger partial charge on any atom is 0.218 e. The largest absolute Gasteiger partial charge is 0.346 e. The molecular weight excluding hydrogens is 303 g/mol. The van der Waals surface area contributed by atoms with Gasteiger partial charge in [0.05, 0.1) is 0 Å². The van der Waals surface area contributed by atoms with Gasteiger partial charge in [0.25, 0.3) is 0 Å². The molecule has 0 spiro atoms. The number of carbonyl (C=O) groups is 1. The van der Waals surface area contributed by atoms with Crippen molar-refractivity contribution < 1.29 is 18.7 Å². The maximum atomic E-state index is 13.5. The zero-order valence-electron chi connectivity index (χ0n) is 10.4. The van der Waals surface area contributed by atoms with Crippen LogP contribution in [-0.2, 0) is 20.7 Å². The van der Waals surface area contributed by atoms with Crippen LogP contribution in [0.4, 0.5) is 4.39 Å². The van der Waals surface area contributed by atoms with Gasteiger partial charge < -0.3 is 9.47 Å². The van der Waals surface area contributed by atoms with Crippen molar-refractivity contribution in [3.05, 3.63) is 34.1 Å². The fourth-order valence-electron chi connectivity index (χ4n) is 1.49. The first kappa shape index (κ1) is 15.3. The minimum absolute atomic E-state index is 0.0457. The molecule has 1 aromatic rings. The lowest BCUT2D eigenvalue weighted by Crippen LogP contribution is -2.29. The highest BCUT2D eigenvalue weighted by Crippen LogP contribution is 2.17. The van der Waals surface area contributed by atoms with Crippen molar-refractivity contribution in [1.29, 1.82) is 0 Å². The minimum Gasteiger partial charge on any atom is -0.346 e. The third kappa shape index (κ3) is 4.48. The molecule has 5 heteroatoms. The molecule has 18 heavy (non-hydrogen) atoms. The zero-order chi connectivity index (χ0) is 13.5. The summed E-state index contributed by atoms with van der Waals surface area (Å²) in [6, 6.07) is 4.50. The monoisotopic (exact) mass is 318 g/mol. The summed E-state index contributed by atoms with van der Waals surface area (Å²) >= 11 is 3.24. The molecule has 0 radical (unpaired) electrons. The van der Waals surface area contributed by atoms with Crippen molar-refractivity contribution in [2.75, 3.05) is 13.2 Å². The van der Waals surface area contributed by atoms with E-state index in [1.54, 1.807) is 26.0 Å². The molecular formula is C13H16BrFO3. The number of carbonyl (C=O) groups excluding carboxylic acids is 1. The Morgan fingerprint density at radius 2 is 1.94 bits per heavy atom. The number of benzene rings is 1. The van der Waals surface area contributed by atoms with E-state index in [2.05, 4.69) is 15.9 Å². The standard InChI is InChI=1S/C13H16BrFO3/c1-3-17-13(18-4-2)12(16)8-9-7-10(14)5-6-11(9)15/h5-7,13H,3-4,8H2,1-2H3. The lowest BCUT2D eigenvalue weighted by Gasteiger charge is -2.15. The van der Waals surface area contributed by atoms with Crippen LogP contribution >= 0.6 is 15.9 Å². The van der Waals surface area contributed by atoms with Crippen molar-refractivity contribution in [1.82, 2.24) is 0 Å². The second-order valence-corrected chi connectivity index (χ2v) is 4.54. The number of rotatable bonds is 7. The Morgan fingerprint density at radius 1 is 1.33 bits per heavy atom. The van der Waals surface area contributed by atoms with Gasteiger partial charge in [-0.2, -0.15) is 0 Å². The molecule has 0 aliphatic heterocycles. The average Bonchev–Trinajstić information content (AvgIpc) is 2.33. The molecule has 0 saturated carbocycles. The number of halogens is 2. The number of ether oxygens (including phenoxy) is 2. The number of Topliss-reactive ketones (excluding diaryl/α,β-unsaturated/α-hetero) is 1. The predicted molar refractivity (Wildman–Crippen MR) is 69.9 cm³/mol. The van der Waals surface area contributed by atoms with Crippen LogP contribution in [0.2, 0.25) is 0 Å². The summed E-state index contributed by atoms with van der Waals surface area (Å²) < 4.78 is 24.6. The van der Waals surface area contributed by atoms with Gasteiger partial charge in [-0.3, -0.25) is 4.79 Å². The summed E-state index contributed by atoms with van der Waals surface area (Å²) in [5.41, 5.74) is 0.332. The molecule has 1 rings (SSSR count). The number of ketones is 1. The van der Waals surface area contributed by atoms with Gasteiger partial charge in [-0.1, -0.05) is 15.9 Å². The topological polar surface area (TPSA) is 35.5 Å². The van der Waals surface area contributed by atoms with E-state index in [9.17, 15) is 9.18 Å². The first-order chi connectivity index (χ1) is 8.58. The molecule has 0 unspecified atom stereocenters. The quantitative estimate of drug-likeness (QED) is 0.725. The first-order valence-corrected chi connectivity index (χ1v) is 6.57. The minimum atomic E-state index is -0.918. The summed E-state index contributed by atoms with van der Waals surface area (Å²) in [5, 5.41) is 0. The molecule has 100 valence electrons. The van der Waals surface area contributed by atoms with Gasteiger partial charge in [-0.05, 0) is 37.6 Å². The lowest BCUT2D eigenvalue weighted by atomic mass is 10.1. The molecule has 0 aromatic heterocycles. The Bertz CT molecular complexity index is 403. The summed E-state index contributed by atoms with van der Waals surface area (Å²) in [7, 11) is 0. The van der Waals surface area contributed by atoms with E-state index in [-0.39, 0.29) is 12.2 Å². The van der Waals surface area contributed by atoms with Crippen LogP contribution in [0.25, 0.3) is 0 Å². The van der Waals surface area contributed by atoms with Gasteiger partial charge in [0.2, 0.25) is 6.29 Å². The van der Waals surface area contributed by atoms with Gasteiger partial charge in [0, 0.05) is 24.1 Å². The highest BCUT2D eigenvalue weighted by atomic mass is 79.9. The molecule has 0 fully saturated rings. The van der Waals surface area contributed by atoms with Crippen LogP contribution < -0.4 is 0 Å². The Balaban J connectivity index is 2.75. The average molecular weight is 319 g/mol. The van der Waals surface area contributed by atoms with Crippen LogP contribution in [0.5, 0.6) is 0 Å². The van der Waals surface area contributed by atoms with E-state index in [1.807, 2.05) is 0 Å². The summed E-state index contributed by atoms with van der Waals surface area (Å²) in [6.45, 7) is 4.30. The van der Waals surface area contributed by atoms with Gasteiger partial charge in [-0.15, -0.1) is 0 Å². The number of hydrogen-bond donors (Lipinski definition) is 0. The van der Waals surface area contributed by atoms with Crippen LogP contribution in [-0.4, -0.2) is 25.3 Å². The second kappa shape index (κ2) is 7.61. The van der Waals surface area contributed by atoms with E-state index in [0.29, 0.717) is 18.8 Å². The van der Waals surface area contributed by atoms with Crippen molar-refractivity contribution in [3.63, 3.8) is 0 Å². The van der Waals surface area contributed by atoms with Gasteiger partial charge >= 0.3 is 0 Å². The molecule has 1 aromatic carbocycles. The van der Waals surface area contributed by atoms with Crippen molar-refractivity contribution in [2.45, 2.75) is 26.6 Å². The SMILES string of the molecule is CCOC(OCC)C(=O)Cc1cc(Br)ccc1F. The molecule has 0 saturated heterocycles. The van der Waals surface area contributed by atoms with Crippen LogP contribution in [0.1, 0.15) is 19.4 Å². The molecule has 0 N–H and O–H groups in total. The van der Waals surface area contributed by atoms with Crippen molar-refractivity contribution in [2.24, 2.45) is 0 Å². The second-order valence-electron chi connectivity index (χ2n) is 3.62. The fourth-order valence-corrected chi connectivity index (χ4v) is 1.90. The van der Waals surface area contributed by atoms with E-state index >= 15 is 0 Å². The summed E-state index contributed by atoms with van der Waals surface area (Å²) in [6.07, 6.45) is -0.964. The summed E-state index contributed by atoms with van der Waals surface area (Å²) in [4.78, 5) is 11.9. The first-order valence-electron chi connectivity index (χ1n) is 5.78. The van der Waals surface area contributed by atoms with E-state index in [4.69, 9.17) is 9.47 Å². The highest BCUT2D eigenvalue weighted by molar-refractivity contribution is 9.10.